The van der Waals surface area contributed by atoms with Crippen LogP contribution in [-0.4, -0.2) is 43.3 Å². The quantitative estimate of drug-likeness (QED) is 0.878. The summed E-state index contributed by atoms with van der Waals surface area (Å²) in [5.74, 6) is 0.746. The summed E-state index contributed by atoms with van der Waals surface area (Å²) in [5.41, 5.74) is 1.26. The Kier molecular flexibility index (Phi) is 8.55. The molecular weight excluding hydrogens is 323 g/mol. The summed E-state index contributed by atoms with van der Waals surface area (Å²) >= 11 is 0. The van der Waals surface area contributed by atoms with Gasteiger partial charge in [0, 0.05) is 32.2 Å². The number of phenols is 1. The lowest BCUT2D eigenvalue weighted by atomic mass is 9.81. The van der Waals surface area contributed by atoms with Gasteiger partial charge in [0.2, 0.25) is 0 Å². The zero-order chi connectivity index (χ0) is 14.8. The molecule has 0 bridgehead atoms. The number of benzene rings is 1. The lowest BCUT2D eigenvalue weighted by Gasteiger charge is -2.42. The second-order valence-electron chi connectivity index (χ2n) is 6.49. The molecule has 0 aromatic heterocycles. The first-order valence-corrected chi connectivity index (χ1v) is 7.25. The van der Waals surface area contributed by atoms with Crippen molar-refractivity contribution in [2.45, 2.75) is 26.8 Å². The van der Waals surface area contributed by atoms with Crippen LogP contribution in [0.4, 0.5) is 0 Å². The normalized spacial score (nSPS) is 17.1. The van der Waals surface area contributed by atoms with Gasteiger partial charge >= 0.3 is 0 Å². The first kappa shape index (κ1) is 21.3. The number of halogens is 2. The van der Waals surface area contributed by atoms with E-state index in [4.69, 9.17) is 4.74 Å². The molecule has 0 aliphatic carbocycles. The van der Waals surface area contributed by atoms with Crippen LogP contribution in [0, 0.1) is 5.41 Å². The van der Waals surface area contributed by atoms with Crippen LogP contribution >= 0.6 is 24.8 Å². The van der Waals surface area contributed by atoms with E-state index in [2.05, 4.69) is 37.1 Å². The van der Waals surface area contributed by atoms with Gasteiger partial charge in [0.05, 0.1) is 7.11 Å². The third-order valence-corrected chi connectivity index (χ3v) is 3.86. The van der Waals surface area contributed by atoms with Crippen LogP contribution in [0.15, 0.2) is 18.2 Å². The second kappa shape index (κ2) is 8.82. The van der Waals surface area contributed by atoms with E-state index < -0.39 is 0 Å². The minimum atomic E-state index is 0. The Balaban J connectivity index is 0.00000220. The average molecular weight is 351 g/mol. The van der Waals surface area contributed by atoms with Crippen molar-refractivity contribution < 1.29 is 9.84 Å². The Morgan fingerprint density at radius 2 is 1.77 bits per heavy atom. The Hall–Kier alpha value is -0.680. The highest BCUT2D eigenvalue weighted by atomic mass is 35.5. The van der Waals surface area contributed by atoms with E-state index >= 15 is 0 Å². The maximum absolute atomic E-state index is 10.0. The van der Waals surface area contributed by atoms with Crippen LogP contribution in [0.3, 0.4) is 0 Å². The molecule has 2 N–H and O–H groups in total. The summed E-state index contributed by atoms with van der Waals surface area (Å²) < 4.78 is 5.14. The molecule has 0 unspecified atom stereocenters. The molecular formula is C16H28Cl2N2O2. The molecule has 0 spiro atoms. The number of methoxy groups -OCH3 is 1. The third-order valence-electron chi connectivity index (χ3n) is 3.86. The van der Waals surface area contributed by atoms with E-state index in [9.17, 15) is 5.11 Å². The fourth-order valence-electron chi connectivity index (χ4n) is 3.08. The molecule has 2 rings (SSSR count). The van der Waals surface area contributed by atoms with Crippen molar-refractivity contribution in [1.82, 2.24) is 10.2 Å². The Morgan fingerprint density at radius 3 is 2.23 bits per heavy atom. The molecule has 6 heteroatoms. The number of rotatable bonds is 3. The van der Waals surface area contributed by atoms with Gasteiger partial charge in [0.25, 0.3) is 0 Å². The molecule has 0 radical (unpaired) electrons. The third kappa shape index (κ3) is 4.92. The van der Waals surface area contributed by atoms with Crippen molar-refractivity contribution in [3.63, 3.8) is 0 Å². The van der Waals surface area contributed by atoms with Gasteiger partial charge in [-0.3, -0.25) is 4.90 Å². The molecule has 1 saturated heterocycles. The first-order valence-electron chi connectivity index (χ1n) is 7.25. The van der Waals surface area contributed by atoms with Crippen LogP contribution in [-0.2, 0) is 0 Å². The molecule has 0 amide bonds. The van der Waals surface area contributed by atoms with Gasteiger partial charge in [-0.2, -0.15) is 0 Å². The molecule has 1 atom stereocenters. The SMILES string of the molecule is COc1ccc([C@H](N2CCNCC2)C(C)(C)C)cc1O.Cl.Cl. The number of phenolic OH excluding ortho intramolecular Hbond substituents is 1. The number of hydrogen-bond donors (Lipinski definition) is 2. The molecule has 1 heterocycles. The molecule has 0 saturated carbocycles. The summed E-state index contributed by atoms with van der Waals surface area (Å²) in [4.78, 5) is 2.50. The Morgan fingerprint density at radius 1 is 1.18 bits per heavy atom. The second-order valence-corrected chi connectivity index (χ2v) is 6.49. The van der Waals surface area contributed by atoms with E-state index in [-0.39, 0.29) is 36.0 Å². The monoisotopic (exact) mass is 350 g/mol. The summed E-state index contributed by atoms with van der Waals surface area (Å²) in [7, 11) is 1.58. The predicted molar refractivity (Wildman–Crippen MR) is 95.8 cm³/mol. The van der Waals surface area contributed by atoms with Gasteiger partial charge in [-0.05, 0) is 23.1 Å². The molecule has 1 fully saturated rings. The lowest BCUT2D eigenvalue weighted by molar-refractivity contribution is 0.0860. The van der Waals surface area contributed by atoms with Gasteiger partial charge in [0.15, 0.2) is 11.5 Å². The van der Waals surface area contributed by atoms with Crippen molar-refractivity contribution in [3.05, 3.63) is 23.8 Å². The highest BCUT2D eigenvalue weighted by Crippen LogP contribution is 2.40. The predicted octanol–water partition coefficient (Wildman–Crippen LogP) is 3.24. The number of nitrogens with zero attached hydrogens (tertiary/aromatic N) is 1. The minimum absolute atomic E-state index is 0. The zero-order valence-electron chi connectivity index (χ0n) is 13.8. The van der Waals surface area contributed by atoms with E-state index in [1.807, 2.05) is 12.1 Å². The first-order chi connectivity index (χ1) is 9.43. The summed E-state index contributed by atoms with van der Waals surface area (Å²) in [6, 6.07) is 6.06. The maximum Gasteiger partial charge on any atom is 0.160 e. The molecule has 22 heavy (non-hydrogen) atoms. The van der Waals surface area contributed by atoms with Crippen molar-refractivity contribution in [2.24, 2.45) is 5.41 Å². The van der Waals surface area contributed by atoms with E-state index in [0.29, 0.717) is 11.8 Å². The number of hydrogen-bond acceptors (Lipinski definition) is 4. The van der Waals surface area contributed by atoms with Gasteiger partial charge in [-0.1, -0.05) is 26.8 Å². The molecule has 1 aliphatic heterocycles. The van der Waals surface area contributed by atoms with Crippen LogP contribution in [0.5, 0.6) is 11.5 Å². The summed E-state index contributed by atoms with van der Waals surface area (Å²) in [6.07, 6.45) is 0. The Bertz CT molecular complexity index is 458. The largest absolute Gasteiger partial charge is 0.504 e. The van der Waals surface area contributed by atoms with Gasteiger partial charge in [0.1, 0.15) is 0 Å². The van der Waals surface area contributed by atoms with Crippen molar-refractivity contribution in [3.8, 4) is 11.5 Å². The fourth-order valence-corrected chi connectivity index (χ4v) is 3.08. The van der Waals surface area contributed by atoms with Gasteiger partial charge < -0.3 is 15.2 Å². The number of piperazine rings is 1. The van der Waals surface area contributed by atoms with Crippen molar-refractivity contribution in [1.29, 1.82) is 0 Å². The van der Waals surface area contributed by atoms with E-state index in [1.165, 1.54) is 0 Å². The lowest BCUT2D eigenvalue weighted by Crippen LogP contribution is -2.48. The number of nitrogens with one attached hydrogen (secondary N) is 1. The minimum Gasteiger partial charge on any atom is -0.504 e. The number of ether oxygens (including phenoxy) is 1. The fraction of sp³-hybridized carbons (Fsp3) is 0.625. The van der Waals surface area contributed by atoms with Crippen LogP contribution in [0.1, 0.15) is 32.4 Å². The summed E-state index contributed by atoms with van der Waals surface area (Å²) in [5, 5.41) is 13.4. The topological polar surface area (TPSA) is 44.7 Å². The molecule has 4 nitrogen and oxygen atoms in total. The average Bonchev–Trinajstić information content (AvgIpc) is 2.39. The van der Waals surface area contributed by atoms with Crippen LogP contribution in [0.25, 0.3) is 0 Å². The van der Waals surface area contributed by atoms with E-state index in [1.54, 1.807) is 7.11 Å². The van der Waals surface area contributed by atoms with Crippen molar-refractivity contribution >= 4 is 24.8 Å². The molecule has 128 valence electrons. The van der Waals surface area contributed by atoms with Gasteiger partial charge in [-0.15, -0.1) is 24.8 Å². The highest BCUT2D eigenvalue weighted by Gasteiger charge is 2.32. The Labute approximate surface area is 146 Å². The van der Waals surface area contributed by atoms with Crippen molar-refractivity contribution in [2.75, 3.05) is 33.3 Å². The maximum atomic E-state index is 10.0. The number of aromatic hydroxyl groups is 1. The zero-order valence-corrected chi connectivity index (χ0v) is 15.4. The van der Waals surface area contributed by atoms with Crippen LogP contribution < -0.4 is 10.1 Å². The van der Waals surface area contributed by atoms with Gasteiger partial charge in [-0.25, -0.2) is 0 Å². The van der Waals surface area contributed by atoms with Crippen LogP contribution in [0.2, 0.25) is 0 Å². The summed E-state index contributed by atoms with van der Waals surface area (Å²) in [6.45, 7) is 10.9. The molecule has 1 aliphatic rings. The smallest absolute Gasteiger partial charge is 0.160 e. The molecule has 1 aromatic rings. The highest BCUT2D eigenvalue weighted by molar-refractivity contribution is 5.85. The molecule has 1 aromatic carbocycles. The van der Waals surface area contributed by atoms with E-state index in [0.717, 1.165) is 31.7 Å². The standard InChI is InChI=1S/C16H26N2O2.2ClH/c1-16(2,3)15(18-9-7-17-8-10-18)12-5-6-14(20-4)13(19)11-12;;/h5-6,11,15,17,19H,7-10H2,1-4H3;2*1H/t15-;;/m0../s1.